The van der Waals surface area contributed by atoms with Crippen LogP contribution in [0.5, 0.6) is 0 Å². The maximum atomic E-state index is 13.8. The Morgan fingerprint density at radius 2 is 1.89 bits per heavy atom. The lowest BCUT2D eigenvalue weighted by Gasteiger charge is -2.32. The number of fused-ring (bicyclic) bond motifs is 1. The highest BCUT2D eigenvalue weighted by atomic mass is 19.1. The van der Waals surface area contributed by atoms with Gasteiger partial charge < -0.3 is 14.8 Å². The summed E-state index contributed by atoms with van der Waals surface area (Å²) < 4.78 is 15.9. The predicted molar refractivity (Wildman–Crippen MR) is 110 cm³/mol. The maximum absolute atomic E-state index is 13.8. The number of benzene rings is 2. The first-order valence-electron chi connectivity index (χ1n) is 9.54. The van der Waals surface area contributed by atoms with E-state index in [1.165, 1.54) is 6.07 Å². The van der Waals surface area contributed by atoms with Crippen molar-refractivity contribution in [2.45, 2.75) is 19.4 Å². The van der Waals surface area contributed by atoms with E-state index in [2.05, 4.69) is 27.4 Å². The van der Waals surface area contributed by atoms with Crippen molar-refractivity contribution in [3.8, 4) is 0 Å². The zero-order chi connectivity index (χ0) is 19.5. The quantitative estimate of drug-likeness (QED) is 0.677. The summed E-state index contributed by atoms with van der Waals surface area (Å²) >= 11 is 0. The van der Waals surface area contributed by atoms with Gasteiger partial charge in [-0.3, -0.25) is 4.79 Å². The van der Waals surface area contributed by atoms with Gasteiger partial charge in [-0.2, -0.15) is 0 Å². The van der Waals surface area contributed by atoms with Crippen molar-refractivity contribution in [1.29, 1.82) is 0 Å². The summed E-state index contributed by atoms with van der Waals surface area (Å²) in [6, 6.07) is 14.3. The molecule has 0 aliphatic carbocycles. The largest absolute Gasteiger partial charge is 0.342 e. The minimum absolute atomic E-state index is 0.121. The Morgan fingerprint density at radius 3 is 2.64 bits per heavy atom. The predicted octanol–water partition coefficient (Wildman–Crippen LogP) is 4.22. The number of carbonyl (C=O) groups is 1. The zero-order valence-corrected chi connectivity index (χ0v) is 15.6. The van der Waals surface area contributed by atoms with Gasteiger partial charge in [0, 0.05) is 25.6 Å². The van der Waals surface area contributed by atoms with Crippen molar-refractivity contribution >= 4 is 28.6 Å². The van der Waals surface area contributed by atoms with Crippen molar-refractivity contribution in [3.63, 3.8) is 0 Å². The summed E-state index contributed by atoms with van der Waals surface area (Å²) in [7, 11) is 0. The normalized spacial score (nSPS) is 15.0. The van der Waals surface area contributed by atoms with E-state index >= 15 is 0 Å². The van der Waals surface area contributed by atoms with E-state index in [9.17, 15) is 9.18 Å². The van der Waals surface area contributed by atoms with Crippen molar-refractivity contribution in [2.75, 3.05) is 23.3 Å². The Labute approximate surface area is 163 Å². The highest BCUT2D eigenvalue weighted by molar-refractivity contribution is 5.92. The van der Waals surface area contributed by atoms with Crippen LogP contribution in [0.15, 0.2) is 61.2 Å². The fourth-order valence-corrected chi connectivity index (χ4v) is 3.75. The Kier molecular flexibility index (Phi) is 5.10. The number of piperidine rings is 1. The molecule has 0 spiro atoms. The van der Waals surface area contributed by atoms with Crippen LogP contribution in [0.4, 0.5) is 16.0 Å². The maximum Gasteiger partial charge on any atom is 0.227 e. The second-order valence-electron chi connectivity index (χ2n) is 7.03. The summed E-state index contributed by atoms with van der Waals surface area (Å²) in [6.07, 6.45) is 3.28. The molecule has 1 aliphatic rings. The van der Waals surface area contributed by atoms with Gasteiger partial charge in [-0.25, -0.2) is 9.37 Å². The third-order valence-electron chi connectivity index (χ3n) is 5.23. The summed E-state index contributed by atoms with van der Waals surface area (Å²) in [5, 5.41) is 2.72. The molecular weight excluding hydrogens is 355 g/mol. The zero-order valence-electron chi connectivity index (χ0n) is 15.6. The fourth-order valence-electron chi connectivity index (χ4n) is 3.75. The van der Waals surface area contributed by atoms with Gasteiger partial charge in [0.1, 0.15) is 5.82 Å². The van der Waals surface area contributed by atoms with Crippen LogP contribution in [0.3, 0.4) is 0 Å². The van der Waals surface area contributed by atoms with Crippen molar-refractivity contribution < 1.29 is 9.18 Å². The molecule has 28 heavy (non-hydrogen) atoms. The van der Waals surface area contributed by atoms with Gasteiger partial charge >= 0.3 is 0 Å². The van der Waals surface area contributed by atoms with Crippen LogP contribution in [-0.4, -0.2) is 28.5 Å². The molecule has 3 aromatic rings. The number of halogens is 1. The SMILES string of the molecule is C=CCn1c(N2CCC(C(=O)Nc3ccccc3F)CC2)nc2ccccc21. The van der Waals surface area contributed by atoms with E-state index in [-0.39, 0.29) is 17.5 Å². The average Bonchev–Trinajstić information content (AvgIpc) is 3.09. The number of nitrogens with one attached hydrogen (secondary N) is 1. The number of imidazole rings is 1. The van der Waals surface area contributed by atoms with E-state index in [0.717, 1.165) is 30.1 Å². The first kappa shape index (κ1) is 18.2. The van der Waals surface area contributed by atoms with Gasteiger partial charge in [-0.1, -0.05) is 30.3 Å². The lowest BCUT2D eigenvalue weighted by Crippen LogP contribution is -2.39. The molecule has 0 unspecified atom stereocenters. The van der Waals surface area contributed by atoms with Gasteiger partial charge in [0.15, 0.2) is 0 Å². The first-order valence-corrected chi connectivity index (χ1v) is 9.54. The van der Waals surface area contributed by atoms with E-state index < -0.39 is 5.82 Å². The van der Waals surface area contributed by atoms with E-state index in [4.69, 9.17) is 4.98 Å². The molecule has 2 heterocycles. The van der Waals surface area contributed by atoms with Crippen molar-refractivity contribution in [3.05, 3.63) is 67.0 Å². The lowest BCUT2D eigenvalue weighted by atomic mass is 9.96. The lowest BCUT2D eigenvalue weighted by molar-refractivity contribution is -0.120. The molecule has 0 radical (unpaired) electrons. The third kappa shape index (κ3) is 3.50. The molecule has 2 aromatic carbocycles. The van der Waals surface area contributed by atoms with Crippen molar-refractivity contribution in [1.82, 2.24) is 9.55 Å². The summed E-state index contributed by atoms with van der Waals surface area (Å²) in [4.78, 5) is 19.6. The number of hydrogen-bond acceptors (Lipinski definition) is 3. The molecule has 1 aromatic heterocycles. The third-order valence-corrected chi connectivity index (χ3v) is 5.23. The molecule has 0 saturated carbocycles. The van der Waals surface area contributed by atoms with Crippen molar-refractivity contribution in [2.24, 2.45) is 5.92 Å². The number of anilines is 2. The molecule has 1 fully saturated rings. The number of hydrogen-bond donors (Lipinski definition) is 1. The molecule has 0 atom stereocenters. The van der Waals surface area contributed by atoms with Gasteiger partial charge in [0.05, 0.1) is 16.7 Å². The van der Waals surface area contributed by atoms with Crippen LogP contribution in [0.25, 0.3) is 11.0 Å². The first-order chi connectivity index (χ1) is 13.7. The Bertz CT molecular complexity index is 1000. The van der Waals surface area contributed by atoms with Crippen LogP contribution < -0.4 is 10.2 Å². The van der Waals surface area contributed by atoms with Gasteiger partial charge in [0.25, 0.3) is 0 Å². The summed E-state index contributed by atoms with van der Waals surface area (Å²) in [5.74, 6) is 0.248. The molecular formula is C22H23FN4O. The van der Waals surface area contributed by atoms with E-state index in [0.29, 0.717) is 19.4 Å². The molecule has 144 valence electrons. The Morgan fingerprint density at radius 1 is 1.18 bits per heavy atom. The van der Waals surface area contributed by atoms with Gasteiger partial charge in [0.2, 0.25) is 11.9 Å². The minimum Gasteiger partial charge on any atom is -0.342 e. The number of rotatable bonds is 5. The van der Waals surface area contributed by atoms with E-state index in [1.807, 2.05) is 24.3 Å². The topological polar surface area (TPSA) is 50.2 Å². The number of allylic oxidation sites excluding steroid dienone is 1. The minimum atomic E-state index is -0.411. The van der Waals surface area contributed by atoms with Crippen LogP contribution in [0.2, 0.25) is 0 Å². The smallest absolute Gasteiger partial charge is 0.227 e. The molecule has 1 amide bonds. The molecule has 1 saturated heterocycles. The Hall–Kier alpha value is -3.15. The van der Waals surface area contributed by atoms with Gasteiger partial charge in [-0.15, -0.1) is 6.58 Å². The monoisotopic (exact) mass is 378 g/mol. The van der Waals surface area contributed by atoms with Crippen LogP contribution in [0.1, 0.15) is 12.8 Å². The number of carbonyl (C=O) groups excluding carboxylic acids is 1. The van der Waals surface area contributed by atoms with Crippen LogP contribution in [-0.2, 0) is 11.3 Å². The molecule has 6 heteroatoms. The number of nitrogens with zero attached hydrogens (tertiary/aromatic N) is 3. The molecule has 1 N–H and O–H groups in total. The van der Waals surface area contributed by atoms with Crippen LogP contribution >= 0.6 is 0 Å². The average molecular weight is 378 g/mol. The number of amides is 1. The second-order valence-corrected chi connectivity index (χ2v) is 7.03. The van der Waals surface area contributed by atoms with E-state index in [1.54, 1.807) is 18.2 Å². The standard InChI is InChI=1S/C22H23FN4O/c1-2-13-27-20-10-6-5-9-19(20)25-22(27)26-14-11-16(12-15-26)21(28)24-18-8-4-3-7-17(18)23/h2-10,16H,1,11-15H2,(H,24,28). The van der Waals surface area contributed by atoms with Gasteiger partial charge in [-0.05, 0) is 37.1 Å². The molecule has 0 bridgehead atoms. The fraction of sp³-hybridized carbons (Fsp3) is 0.273. The van der Waals surface area contributed by atoms with Crippen LogP contribution in [0, 0.1) is 11.7 Å². The molecule has 5 nitrogen and oxygen atoms in total. The highest BCUT2D eigenvalue weighted by Crippen LogP contribution is 2.28. The molecule has 1 aliphatic heterocycles. The number of aromatic nitrogens is 2. The Balaban J connectivity index is 1.46. The number of para-hydroxylation sites is 3. The second kappa shape index (κ2) is 7.84. The molecule has 4 rings (SSSR count). The highest BCUT2D eigenvalue weighted by Gasteiger charge is 2.28. The summed E-state index contributed by atoms with van der Waals surface area (Å²) in [6.45, 7) is 6.01. The summed E-state index contributed by atoms with van der Waals surface area (Å²) in [5.41, 5.74) is 2.28.